The van der Waals surface area contributed by atoms with Crippen LogP contribution in [-0.2, 0) is 40.6 Å². The molecule has 5 aromatic rings. The average molecular weight is 833 g/mol. The van der Waals surface area contributed by atoms with Gasteiger partial charge in [-0.3, -0.25) is 29.7 Å². The molecule has 3 amide bonds. The van der Waals surface area contributed by atoms with Crippen LogP contribution < -0.4 is 32.6 Å². The minimum absolute atomic E-state index is 0.0494. The van der Waals surface area contributed by atoms with Crippen molar-refractivity contribution in [2.24, 2.45) is 0 Å². The molecule has 8 N–H and O–H groups in total. The van der Waals surface area contributed by atoms with E-state index in [0.29, 0.717) is 22.3 Å². The smallest absolute Gasteiger partial charge is 0.475 e. The van der Waals surface area contributed by atoms with Gasteiger partial charge in [0.1, 0.15) is 24.8 Å². The van der Waals surface area contributed by atoms with Crippen LogP contribution in [0.4, 0.5) is 33.9 Å². The predicted octanol–water partition coefficient (Wildman–Crippen LogP) is 5.58. The van der Waals surface area contributed by atoms with E-state index in [4.69, 9.17) is 25.8 Å². The summed E-state index contributed by atoms with van der Waals surface area (Å²) in [5.74, 6) is -4.16. The van der Waals surface area contributed by atoms with E-state index in [1.54, 1.807) is 48.5 Å². The molecule has 60 heavy (non-hydrogen) atoms. The molecule has 0 saturated heterocycles. The number of alkyl halides is 3. The fraction of sp³-hybridized carbons (Fsp3) is 0.195. The molecule has 15 nitrogen and oxygen atoms in total. The summed E-state index contributed by atoms with van der Waals surface area (Å²) in [7, 11) is 0. The monoisotopic (exact) mass is 832 g/mol. The highest BCUT2D eigenvalue weighted by Crippen LogP contribution is 2.24. The van der Waals surface area contributed by atoms with Gasteiger partial charge >= 0.3 is 18.2 Å². The number of nitrogens with zero attached hydrogens (tertiary/aromatic N) is 2. The molecule has 0 saturated carbocycles. The zero-order valence-electron chi connectivity index (χ0n) is 32.1. The third-order valence-electron chi connectivity index (χ3n) is 8.08. The summed E-state index contributed by atoms with van der Waals surface area (Å²) in [4.78, 5) is 65.4. The average Bonchev–Trinajstić information content (AvgIpc) is 3.20. The number of amidine groups is 1. The van der Waals surface area contributed by atoms with Crippen molar-refractivity contribution in [2.75, 3.05) is 11.1 Å². The lowest BCUT2D eigenvalue weighted by Gasteiger charge is -2.17. The summed E-state index contributed by atoms with van der Waals surface area (Å²) in [6, 6.07) is 26.1. The summed E-state index contributed by atoms with van der Waals surface area (Å²) >= 11 is 0. The number of ether oxygens (including phenoxy) is 1. The number of nitrogens with two attached hydrogens (primary N) is 1. The molecule has 0 spiro atoms. The van der Waals surface area contributed by atoms with Crippen molar-refractivity contribution in [3.05, 3.63) is 147 Å². The van der Waals surface area contributed by atoms with E-state index < -0.39 is 35.6 Å². The number of halogens is 4. The third-order valence-corrected chi connectivity index (χ3v) is 8.08. The summed E-state index contributed by atoms with van der Waals surface area (Å²) < 4.78 is 51.5. The molecule has 1 aromatic heterocycles. The van der Waals surface area contributed by atoms with Gasteiger partial charge in [-0.25, -0.2) is 19.0 Å². The van der Waals surface area contributed by atoms with Gasteiger partial charge in [0.05, 0.1) is 11.9 Å². The number of aromatic nitrogens is 2. The Morgan fingerprint density at radius 1 is 0.867 bits per heavy atom. The highest BCUT2D eigenvalue weighted by atomic mass is 19.4. The Balaban J connectivity index is 0.00000104. The first-order valence-electron chi connectivity index (χ1n) is 17.9. The number of nitrogen functional groups attached to an aromatic ring is 1. The number of anilines is 2. The van der Waals surface area contributed by atoms with E-state index in [1.807, 2.05) is 44.2 Å². The number of carbonyl (C=O) groups is 4. The number of benzene rings is 4. The largest absolute Gasteiger partial charge is 0.490 e. The SMILES string of the molecule is CC(C)Nc1ncc(-c2cc(N)cc(C(=O)NCc3ccc(F)cc3)c2)n(CC(=O)NCc2ccc(C(=N)NC(=O)OCc3ccccc3)cc2)c1=O.O=C(O)C(F)(F)F. The minimum Gasteiger partial charge on any atom is -0.475 e. The Labute approximate surface area is 340 Å². The van der Waals surface area contributed by atoms with Gasteiger partial charge < -0.3 is 31.5 Å². The van der Waals surface area contributed by atoms with E-state index in [9.17, 15) is 36.7 Å². The van der Waals surface area contributed by atoms with Gasteiger partial charge in [0, 0.05) is 41.5 Å². The molecule has 0 aliphatic rings. The van der Waals surface area contributed by atoms with Crippen LogP contribution in [0.5, 0.6) is 0 Å². The Kier molecular flexibility index (Phi) is 15.6. The number of carboxylic acids is 1. The zero-order chi connectivity index (χ0) is 44.0. The third kappa shape index (κ3) is 13.8. The Hall–Kier alpha value is -7.57. The van der Waals surface area contributed by atoms with Gasteiger partial charge in [-0.05, 0) is 60.9 Å². The van der Waals surface area contributed by atoms with Crippen LogP contribution in [0, 0.1) is 11.2 Å². The van der Waals surface area contributed by atoms with Crippen LogP contribution in [0.25, 0.3) is 11.3 Å². The topological polar surface area (TPSA) is 231 Å². The normalized spacial score (nSPS) is 10.8. The molecule has 4 aromatic carbocycles. The minimum atomic E-state index is -5.08. The Morgan fingerprint density at radius 3 is 2.07 bits per heavy atom. The van der Waals surface area contributed by atoms with Crippen molar-refractivity contribution in [1.29, 1.82) is 5.41 Å². The van der Waals surface area contributed by atoms with Crippen LogP contribution in [-0.4, -0.2) is 56.6 Å². The van der Waals surface area contributed by atoms with Crippen LogP contribution in [0.15, 0.2) is 108 Å². The molecule has 1 heterocycles. The van der Waals surface area contributed by atoms with Gasteiger partial charge in [-0.2, -0.15) is 13.2 Å². The number of amides is 3. The molecule has 0 aliphatic carbocycles. The maximum Gasteiger partial charge on any atom is 0.490 e. The maximum absolute atomic E-state index is 13.6. The second-order valence-corrected chi connectivity index (χ2v) is 13.2. The highest BCUT2D eigenvalue weighted by molar-refractivity contribution is 6.04. The number of rotatable bonds is 13. The Morgan fingerprint density at radius 2 is 1.47 bits per heavy atom. The molecule has 5 rings (SSSR count). The lowest BCUT2D eigenvalue weighted by molar-refractivity contribution is -0.192. The first-order chi connectivity index (χ1) is 28.4. The predicted molar refractivity (Wildman–Crippen MR) is 213 cm³/mol. The molecule has 0 fully saturated rings. The number of hydrogen-bond acceptors (Lipinski definition) is 10. The van der Waals surface area contributed by atoms with Gasteiger partial charge in [0.25, 0.3) is 11.5 Å². The van der Waals surface area contributed by atoms with E-state index in [-0.39, 0.29) is 66.7 Å². The van der Waals surface area contributed by atoms with Gasteiger partial charge in [0.15, 0.2) is 5.82 Å². The van der Waals surface area contributed by atoms with E-state index in [0.717, 1.165) is 5.56 Å². The van der Waals surface area contributed by atoms with Crippen LogP contribution in [0.3, 0.4) is 0 Å². The van der Waals surface area contributed by atoms with E-state index >= 15 is 0 Å². The number of carbonyl (C=O) groups excluding carboxylic acids is 3. The lowest BCUT2D eigenvalue weighted by atomic mass is 10.1. The van der Waals surface area contributed by atoms with Crippen molar-refractivity contribution in [1.82, 2.24) is 25.5 Å². The molecule has 0 radical (unpaired) electrons. The molecule has 0 bridgehead atoms. The van der Waals surface area contributed by atoms with Crippen molar-refractivity contribution < 1.29 is 46.6 Å². The maximum atomic E-state index is 13.6. The number of alkyl carbamates (subject to hydrolysis) is 1. The first-order valence-corrected chi connectivity index (χ1v) is 17.9. The van der Waals surface area contributed by atoms with Crippen molar-refractivity contribution in [3.8, 4) is 11.3 Å². The second kappa shape index (κ2) is 20.7. The van der Waals surface area contributed by atoms with Crippen molar-refractivity contribution >= 4 is 41.2 Å². The summed E-state index contributed by atoms with van der Waals surface area (Å²) in [5, 5.41) is 26.3. The van der Waals surface area contributed by atoms with Crippen molar-refractivity contribution in [3.63, 3.8) is 0 Å². The van der Waals surface area contributed by atoms with Gasteiger partial charge in [0.2, 0.25) is 5.91 Å². The summed E-state index contributed by atoms with van der Waals surface area (Å²) in [6.45, 7) is 3.66. The van der Waals surface area contributed by atoms with Gasteiger partial charge in [-0.1, -0.05) is 66.7 Å². The fourth-order valence-electron chi connectivity index (χ4n) is 5.19. The molecular weight excluding hydrogens is 792 g/mol. The van der Waals surface area contributed by atoms with Crippen molar-refractivity contribution in [2.45, 2.75) is 52.3 Å². The second-order valence-electron chi connectivity index (χ2n) is 13.2. The number of aliphatic carboxylic acids is 1. The molecule has 0 unspecified atom stereocenters. The highest BCUT2D eigenvalue weighted by Gasteiger charge is 2.38. The van der Waals surface area contributed by atoms with Crippen LogP contribution >= 0.6 is 0 Å². The van der Waals surface area contributed by atoms with E-state index in [1.165, 1.54) is 29.0 Å². The number of hydrogen-bond donors (Lipinski definition) is 7. The standard InChI is InChI=1S/C39H39FN8O5.C2HF3O2/c1-24(2)46-36-38(51)48(33(21-44-36)29-16-30(18-32(41)17-29)37(50)45-20-26-10-14-31(40)15-11-26)22-34(49)43-19-25-8-12-28(13-9-25)35(42)47-39(52)53-23-27-6-4-3-5-7-27;3-2(4,5)1(6)7/h3-18,21,24H,19-20,22-23,41H2,1-2H3,(H,43,49)(H,44,46)(H,45,50)(H2,42,47,52);(H,6,7). The molecule has 0 aliphatic heterocycles. The molecule has 0 atom stereocenters. The zero-order valence-corrected chi connectivity index (χ0v) is 32.1. The fourth-order valence-corrected chi connectivity index (χ4v) is 5.19. The number of nitrogens with one attached hydrogen (secondary N) is 5. The first kappa shape index (κ1) is 45.1. The lowest BCUT2D eigenvalue weighted by Crippen LogP contribution is -2.35. The van der Waals surface area contributed by atoms with Crippen LogP contribution in [0.2, 0.25) is 0 Å². The summed E-state index contributed by atoms with van der Waals surface area (Å²) in [6.07, 6.45) is -4.40. The Bertz CT molecular complexity index is 2370. The molecule has 314 valence electrons. The molecule has 19 heteroatoms. The summed E-state index contributed by atoms with van der Waals surface area (Å²) in [5.41, 5.74) is 9.40. The molecular formula is C41H40F4N8O7. The quantitative estimate of drug-likeness (QED) is 0.0337. The van der Waals surface area contributed by atoms with Crippen LogP contribution in [0.1, 0.15) is 46.5 Å². The van der Waals surface area contributed by atoms with Gasteiger partial charge in [-0.15, -0.1) is 0 Å². The number of carboxylic acid groups (broad SMARTS) is 1. The van der Waals surface area contributed by atoms with E-state index in [2.05, 4.69) is 26.3 Å².